The number of rotatable bonds is 0. The third-order valence-corrected chi connectivity index (χ3v) is 12.6. The highest BCUT2D eigenvalue weighted by atomic mass is 16.2. The number of aromatic nitrogens is 25. The molecule has 0 aromatic carbocycles. The summed E-state index contributed by atoms with van der Waals surface area (Å²) in [5.41, 5.74) is 5.21. The first-order valence-electron chi connectivity index (χ1n) is 26.1. The summed E-state index contributed by atoms with van der Waals surface area (Å²) in [6.07, 6.45) is 29.8. The molecule has 0 radical (unpaired) electrons. The van der Waals surface area contributed by atoms with E-state index in [1.165, 1.54) is 71.6 Å². The maximum absolute atomic E-state index is 11.3. The zero-order valence-corrected chi connectivity index (χ0v) is 48.3. The van der Waals surface area contributed by atoms with Crippen LogP contribution in [0.15, 0.2) is 229 Å². The molecule has 0 aliphatic carbocycles. The molecule has 0 saturated carbocycles. The standard InChI is InChI=1S/C8H8N2O.5C7H7N3O.2C6H6N4O/c1-9-6-7-4-2-3-5-10(7)8(9)11;1-9-5-6-4-8-2-3-10(6)7(9)11;1-9-4-6-2-3-8-5-10(6)7(9)11;1-9-5-6-8-3-2-4-10(6)7(9)11;1-9-5-6-3-2-4-8-10(6)7(9)11;1-9-7(11)10-5-3-2-4-6(10)8-9;1-9-6(11)10-4-7-3-2-5(10)8-9;1-9-6(11)10-5(8-9)3-2-4-7-10/h2-6H,1H3;5*2-5H,1H3;2*2-4H,1H3. The Bertz CT molecular complexity index is 4550. The van der Waals surface area contributed by atoms with Gasteiger partial charge in [0.05, 0.1) is 34.5 Å². The average molecular weight is 1190 g/mol. The lowest BCUT2D eigenvalue weighted by molar-refractivity contribution is 0.717. The van der Waals surface area contributed by atoms with Gasteiger partial charge >= 0.3 is 45.5 Å². The summed E-state index contributed by atoms with van der Waals surface area (Å²) in [4.78, 5) is 105. The number of hydrogen-bond donors (Lipinski definition) is 0. The second-order valence-electron chi connectivity index (χ2n) is 18.8. The zero-order valence-electron chi connectivity index (χ0n) is 48.3. The quantitative estimate of drug-likeness (QED) is 0.187. The van der Waals surface area contributed by atoms with E-state index < -0.39 is 0 Å². The fraction of sp³-hybridized carbons (Fsp3) is 0.145. The molecule has 33 nitrogen and oxygen atoms in total. The molecule has 0 saturated heterocycles. The topological polar surface area (TPSA) is 327 Å². The second kappa shape index (κ2) is 26.3. The lowest BCUT2D eigenvalue weighted by atomic mass is 10.4. The fourth-order valence-electron chi connectivity index (χ4n) is 8.25. The summed E-state index contributed by atoms with van der Waals surface area (Å²) in [5.74, 6) is 0. The van der Waals surface area contributed by atoms with Gasteiger partial charge in [-0.25, -0.2) is 71.8 Å². The first-order chi connectivity index (χ1) is 42.3. The molecule has 0 N–H and O–H groups in total. The van der Waals surface area contributed by atoms with Gasteiger partial charge in [-0.1, -0.05) is 12.1 Å². The van der Waals surface area contributed by atoms with Crippen LogP contribution in [0.1, 0.15) is 0 Å². The van der Waals surface area contributed by atoms with Gasteiger partial charge in [-0.3, -0.25) is 31.6 Å². The molecule has 0 bridgehead atoms. The van der Waals surface area contributed by atoms with Crippen LogP contribution in [0.25, 0.3) is 44.7 Å². The van der Waals surface area contributed by atoms with Crippen molar-refractivity contribution in [3.8, 4) is 0 Å². The van der Waals surface area contributed by atoms with Crippen molar-refractivity contribution in [2.75, 3.05) is 0 Å². The summed E-state index contributed by atoms with van der Waals surface area (Å²) in [7, 11) is 13.4. The normalized spacial score (nSPS) is 10.6. The first kappa shape index (κ1) is 59.9. The van der Waals surface area contributed by atoms with Crippen LogP contribution < -0.4 is 45.5 Å². The van der Waals surface area contributed by atoms with Crippen LogP contribution in [0.3, 0.4) is 0 Å². The van der Waals surface area contributed by atoms with Crippen LogP contribution in [-0.4, -0.2) is 118 Å². The Kier molecular flexibility index (Phi) is 17.9. The third-order valence-electron chi connectivity index (χ3n) is 12.6. The zero-order chi connectivity index (χ0) is 62.8. The molecule has 0 amide bonds. The van der Waals surface area contributed by atoms with E-state index in [0.29, 0.717) is 22.6 Å². The molecule has 0 aliphatic heterocycles. The minimum absolute atomic E-state index is 0.000556. The number of nitrogens with zero attached hydrogens (tertiary/aromatic N) is 25. The van der Waals surface area contributed by atoms with Crippen molar-refractivity contribution in [2.45, 2.75) is 0 Å². The van der Waals surface area contributed by atoms with E-state index in [-0.39, 0.29) is 45.5 Å². The average Bonchev–Trinajstić information content (AvgIpc) is 4.64. The Morgan fingerprint density at radius 2 is 0.761 bits per heavy atom. The predicted molar refractivity (Wildman–Crippen MR) is 321 cm³/mol. The smallest absolute Gasteiger partial charge is 0.301 e. The fourth-order valence-corrected chi connectivity index (χ4v) is 8.25. The lowest BCUT2D eigenvalue weighted by Gasteiger charge is -1.86. The van der Waals surface area contributed by atoms with E-state index in [9.17, 15) is 38.4 Å². The van der Waals surface area contributed by atoms with Crippen molar-refractivity contribution in [3.63, 3.8) is 0 Å². The van der Waals surface area contributed by atoms with Crippen LogP contribution in [-0.2, 0) is 56.4 Å². The van der Waals surface area contributed by atoms with Crippen molar-refractivity contribution in [2.24, 2.45) is 56.4 Å². The van der Waals surface area contributed by atoms with Gasteiger partial charge in [-0.05, 0) is 60.7 Å². The SMILES string of the molecule is Cn1cc2ccccn2c1=O.Cn1cc2cccnn2c1=O.Cn1cc2ccncn2c1=O.Cn1cc2cnccn2c1=O.Cn1cc2ncccn2c1=O.Cn1nc2ccccn2c1=O.Cn1nc2cccnn2c1=O.Cn1nc2ccncn2c1=O. The second-order valence-corrected chi connectivity index (χ2v) is 18.8. The molecule has 0 unspecified atom stereocenters. The maximum Gasteiger partial charge on any atom is 0.366 e. The van der Waals surface area contributed by atoms with Crippen molar-refractivity contribution in [3.05, 3.63) is 275 Å². The molecule has 0 atom stereocenters. The van der Waals surface area contributed by atoms with Gasteiger partial charge in [-0.2, -0.15) is 29.4 Å². The Labute approximate surface area is 491 Å². The van der Waals surface area contributed by atoms with Crippen LogP contribution in [0.5, 0.6) is 0 Å². The molecule has 16 aromatic heterocycles. The first-order valence-corrected chi connectivity index (χ1v) is 26.1. The highest BCUT2D eigenvalue weighted by Gasteiger charge is 2.05. The van der Waals surface area contributed by atoms with Crippen molar-refractivity contribution in [1.82, 2.24) is 118 Å². The Hall–Kier alpha value is -12.7. The number of hydrogen-bond acceptors (Lipinski definition) is 17. The Morgan fingerprint density at radius 1 is 0.295 bits per heavy atom. The monoisotopic (exact) mass is 1190 g/mol. The van der Waals surface area contributed by atoms with Crippen molar-refractivity contribution in [1.29, 1.82) is 0 Å². The van der Waals surface area contributed by atoms with Crippen molar-refractivity contribution < 1.29 is 0 Å². The number of aryl methyl sites for hydroxylation is 8. The molecule has 16 aromatic rings. The van der Waals surface area contributed by atoms with E-state index in [1.807, 2.05) is 36.5 Å². The summed E-state index contributed by atoms with van der Waals surface area (Å²) >= 11 is 0. The van der Waals surface area contributed by atoms with Crippen molar-refractivity contribution >= 4 is 44.7 Å². The summed E-state index contributed by atoms with van der Waals surface area (Å²) < 4.78 is 23.1. The van der Waals surface area contributed by atoms with Crippen LogP contribution in [0, 0.1) is 0 Å². The van der Waals surface area contributed by atoms with Crippen LogP contribution in [0.4, 0.5) is 0 Å². The van der Waals surface area contributed by atoms with Gasteiger partial charge in [0.15, 0.2) is 22.6 Å². The Morgan fingerprint density at radius 3 is 1.39 bits per heavy atom. The van der Waals surface area contributed by atoms with E-state index in [2.05, 4.69) is 45.4 Å². The lowest BCUT2D eigenvalue weighted by Crippen LogP contribution is -2.19. The van der Waals surface area contributed by atoms with Gasteiger partial charge in [0.2, 0.25) is 0 Å². The van der Waals surface area contributed by atoms with Gasteiger partial charge < -0.3 is 18.3 Å². The number of fused-ring (bicyclic) bond motifs is 8. The molecule has 0 fully saturated rings. The highest BCUT2D eigenvalue weighted by molar-refractivity contribution is 5.45. The van der Waals surface area contributed by atoms with Gasteiger partial charge in [0.1, 0.15) is 12.7 Å². The molecule has 16 heterocycles. The van der Waals surface area contributed by atoms with E-state index >= 15 is 0 Å². The molecule has 88 heavy (non-hydrogen) atoms. The largest absolute Gasteiger partial charge is 0.366 e. The molecular formula is C55H55N25O8. The molecule has 16 rings (SSSR count). The molecular weight excluding hydrogens is 1140 g/mol. The summed E-state index contributed by atoms with van der Waals surface area (Å²) in [6, 6.07) is 23.4. The van der Waals surface area contributed by atoms with Crippen LogP contribution in [0.2, 0.25) is 0 Å². The van der Waals surface area contributed by atoms with E-state index in [4.69, 9.17) is 0 Å². The summed E-state index contributed by atoms with van der Waals surface area (Å²) in [5, 5.41) is 19.5. The van der Waals surface area contributed by atoms with Gasteiger partial charge in [-0.15, -0.1) is 5.10 Å². The molecule has 0 spiro atoms. The minimum Gasteiger partial charge on any atom is -0.301 e. The maximum atomic E-state index is 11.3. The van der Waals surface area contributed by atoms with E-state index in [0.717, 1.165) is 22.1 Å². The van der Waals surface area contributed by atoms with E-state index in [1.54, 1.807) is 211 Å². The minimum atomic E-state index is -0.222. The van der Waals surface area contributed by atoms with Crippen LogP contribution >= 0.6 is 0 Å². The molecule has 0 aliphatic rings. The summed E-state index contributed by atoms with van der Waals surface area (Å²) in [6.45, 7) is 0. The van der Waals surface area contributed by atoms with Gasteiger partial charge in [0, 0.05) is 149 Å². The Balaban J connectivity index is 0.000000120. The number of pyridine rings is 2. The predicted octanol–water partition coefficient (Wildman–Crippen LogP) is -0.341. The van der Waals surface area contributed by atoms with Gasteiger partial charge in [0.25, 0.3) is 0 Å². The molecule has 448 valence electrons. The number of imidazole rings is 5. The third kappa shape index (κ3) is 13.1. The highest BCUT2D eigenvalue weighted by Crippen LogP contribution is 2.00. The molecule has 33 heteroatoms.